The fourth-order valence-electron chi connectivity index (χ4n) is 2.14. The van der Waals surface area contributed by atoms with Crippen molar-refractivity contribution in [2.75, 3.05) is 21.5 Å². The van der Waals surface area contributed by atoms with E-state index >= 15 is 0 Å². The van der Waals surface area contributed by atoms with Crippen molar-refractivity contribution in [1.82, 2.24) is 0 Å². The minimum atomic E-state index is -3.30. The van der Waals surface area contributed by atoms with Crippen LogP contribution in [0.5, 0.6) is 0 Å². The van der Waals surface area contributed by atoms with Crippen LogP contribution < -0.4 is 10.0 Å². The van der Waals surface area contributed by atoms with Crippen molar-refractivity contribution in [2.45, 2.75) is 24.7 Å². The van der Waals surface area contributed by atoms with Gasteiger partial charge in [0.2, 0.25) is 15.9 Å². The number of carbonyl (C=O) groups is 1. The Hall–Kier alpha value is -1.51. The molecule has 2 N–H and O–H groups in total. The Morgan fingerprint density at radius 2 is 1.65 bits per heavy atom. The van der Waals surface area contributed by atoms with Crippen LogP contribution in [0.4, 0.5) is 11.4 Å². The van der Waals surface area contributed by atoms with Crippen molar-refractivity contribution in [2.24, 2.45) is 0 Å². The molecule has 0 atom stereocenters. The number of anilines is 2. The average molecular weight is 457 g/mol. The van der Waals surface area contributed by atoms with E-state index in [1.807, 2.05) is 31.2 Å². The molecule has 8 heteroatoms. The summed E-state index contributed by atoms with van der Waals surface area (Å²) in [5, 5.41) is 2.82. The normalized spacial score (nSPS) is 11.2. The number of halogens is 1. The highest BCUT2D eigenvalue weighted by Gasteiger charge is 2.09. The largest absolute Gasteiger partial charge is 0.326 e. The summed E-state index contributed by atoms with van der Waals surface area (Å²) in [5.41, 5.74) is 1.13. The number of benzene rings is 2. The number of sulfonamides is 1. The van der Waals surface area contributed by atoms with Crippen molar-refractivity contribution in [3.8, 4) is 0 Å². The van der Waals surface area contributed by atoms with Gasteiger partial charge in [-0.15, -0.1) is 11.8 Å². The molecule has 2 aromatic carbocycles. The molecule has 0 aliphatic heterocycles. The molecule has 5 nitrogen and oxygen atoms in total. The predicted octanol–water partition coefficient (Wildman–Crippen LogP) is 4.72. The lowest BCUT2D eigenvalue weighted by Gasteiger charge is -2.09. The van der Waals surface area contributed by atoms with Crippen LogP contribution >= 0.6 is 27.7 Å². The first-order chi connectivity index (χ1) is 12.4. The Labute approximate surface area is 167 Å². The number of thioether (sulfide) groups is 1. The Bertz CT molecular complexity index is 823. The van der Waals surface area contributed by atoms with Crippen LogP contribution in [-0.4, -0.2) is 25.8 Å². The summed E-state index contributed by atoms with van der Waals surface area (Å²) in [6.45, 7) is 1.81. The maximum atomic E-state index is 12.0. The van der Waals surface area contributed by atoms with Gasteiger partial charge in [0.1, 0.15) is 0 Å². The summed E-state index contributed by atoms with van der Waals surface area (Å²) >= 11 is 5.01. The number of amides is 1. The third kappa shape index (κ3) is 7.39. The Morgan fingerprint density at radius 3 is 2.27 bits per heavy atom. The van der Waals surface area contributed by atoms with Gasteiger partial charge in [-0.2, -0.15) is 0 Å². The van der Waals surface area contributed by atoms with Crippen molar-refractivity contribution in [3.63, 3.8) is 0 Å². The van der Waals surface area contributed by atoms with Crippen LogP contribution in [0, 0.1) is 0 Å². The minimum absolute atomic E-state index is 0.0751. The molecule has 0 unspecified atom stereocenters. The maximum Gasteiger partial charge on any atom is 0.232 e. The minimum Gasteiger partial charge on any atom is -0.326 e. The van der Waals surface area contributed by atoms with E-state index in [0.717, 1.165) is 9.37 Å². The average Bonchev–Trinajstić information content (AvgIpc) is 2.58. The van der Waals surface area contributed by atoms with Gasteiger partial charge in [0.25, 0.3) is 0 Å². The summed E-state index contributed by atoms with van der Waals surface area (Å²) in [7, 11) is -3.30. The van der Waals surface area contributed by atoms with E-state index in [1.54, 1.807) is 36.0 Å². The molecule has 0 saturated heterocycles. The number of rotatable bonds is 9. The molecule has 0 bridgehead atoms. The summed E-state index contributed by atoms with van der Waals surface area (Å²) in [4.78, 5) is 13.1. The van der Waals surface area contributed by atoms with E-state index in [2.05, 4.69) is 26.0 Å². The summed E-state index contributed by atoms with van der Waals surface area (Å²) < 4.78 is 27.0. The molecular weight excluding hydrogens is 436 g/mol. The lowest BCUT2D eigenvalue weighted by molar-refractivity contribution is -0.115. The Balaban J connectivity index is 1.79. The summed E-state index contributed by atoms with van der Waals surface area (Å²) in [5.74, 6) is 0.693. The molecule has 140 valence electrons. The lowest BCUT2D eigenvalue weighted by Crippen LogP contribution is -2.16. The van der Waals surface area contributed by atoms with Crippen LogP contribution in [0.3, 0.4) is 0 Å². The molecule has 0 aromatic heterocycles. The maximum absolute atomic E-state index is 12.0. The summed E-state index contributed by atoms with van der Waals surface area (Å²) in [6, 6.07) is 14.6. The van der Waals surface area contributed by atoms with Crippen LogP contribution in [-0.2, 0) is 14.8 Å². The SMILES string of the molecule is CCCS(=O)(=O)Nc1ccc(NC(=O)CCSc2ccc(Br)cc2)cc1. The van der Waals surface area contributed by atoms with E-state index in [9.17, 15) is 13.2 Å². The third-order valence-electron chi connectivity index (χ3n) is 3.33. The molecule has 0 fully saturated rings. The van der Waals surface area contributed by atoms with E-state index in [1.165, 1.54) is 0 Å². The second kappa shape index (κ2) is 9.99. The zero-order valence-electron chi connectivity index (χ0n) is 14.4. The first-order valence-corrected chi connectivity index (χ1v) is 11.6. The van der Waals surface area contributed by atoms with Crippen LogP contribution in [0.1, 0.15) is 19.8 Å². The molecule has 0 saturated carbocycles. The van der Waals surface area contributed by atoms with Crippen molar-refractivity contribution >= 4 is 55.0 Å². The predicted molar refractivity (Wildman–Crippen MR) is 112 cm³/mol. The van der Waals surface area contributed by atoms with Gasteiger partial charge in [-0.25, -0.2) is 8.42 Å². The zero-order valence-corrected chi connectivity index (χ0v) is 17.6. The molecule has 0 heterocycles. The molecule has 0 aliphatic rings. The van der Waals surface area contributed by atoms with Crippen molar-refractivity contribution in [3.05, 3.63) is 53.0 Å². The van der Waals surface area contributed by atoms with Crippen molar-refractivity contribution < 1.29 is 13.2 Å². The lowest BCUT2D eigenvalue weighted by atomic mass is 10.3. The molecule has 1 amide bonds. The van der Waals surface area contributed by atoms with Crippen LogP contribution in [0.15, 0.2) is 57.9 Å². The standard InChI is InChI=1S/C18H21BrN2O3S2/c1-2-13-26(23,24)21-16-7-5-15(6-8-16)20-18(22)11-12-25-17-9-3-14(19)4-10-17/h3-10,21H,2,11-13H2,1H3,(H,20,22). The van der Waals surface area contributed by atoms with Gasteiger partial charge in [-0.1, -0.05) is 22.9 Å². The second-order valence-electron chi connectivity index (χ2n) is 5.60. The topological polar surface area (TPSA) is 75.3 Å². The molecule has 0 spiro atoms. The van der Waals surface area contributed by atoms with E-state index in [-0.39, 0.29) is 11.7 Å². The Morgan fingerprint density at radius 1 is 1.04 bits per heavy atom. The number of carbonyl (C=O) groups excluding carboxylic acids is 1. The van der Waals surface area contributed by atoms with Gasteiger partial charge in [0.05, 0.1) is 5.75 Å². The molecule has 0 aliphatic carbocycles. The van der Waals surface area contributed by atoms with Gasteiger partial charge >= 0.3 is 0 Å². The molecule has 2 aromatic rings. The quantitative estimate of drug-likeness (QED) is 0.535. The molecule has 2 rings (SSSR count). The van der Waals surface area contributed by atoms with Crippen molar-refractivity contribution in [1.29, 1.82) is 0 Å². The monoisotopic (exact) mass is 456 g/mol. The van der Waals surface area contributed by atoms with Gasteiger partial charge in [-0.3, -0.25) is 9.52 Å². The number of hydrogen-bond acceptors (Lipinski definition) is 4. The zero-order chi connectivity index (χ0) is 19.0. The molecule has 26 heavy (non-hydrogen) atoms. The van der Waals surface area contributed by atoms with Gasteiger partial charge in [-0.05, 0) is 55.0 Å². The highest BCUT2D eigenvalue weighted by molar-refractivity contribution is 9.10. The fourth-order valence-corrected chi connectivity index (χ4v) is 4.39. The first-order valence-electron chi connectivity index (χ1n) is 8.17. The Kier molecular flexibility index (Phi) is 7.99. The fraction of sp³-hybridized carbons (Fsp3) is 0.278. The van der Waals surface area contributed by atoms with Gasteiger partial charge < -0.3 is 5.32 Å². The van der Waals surface area contributed by atoms with E-state index < -0.39 is 10.0 Å². The third-order valence-corrected chi connectivity index (χ3v) is 6.36. The molecule has 0 radical (unpaired) electrons. The first kappa shape index (κ1) is 20.8. The highest BCUT2D eigenvalue weighted by atomic mass is 79.9. The van der Waals surface area contributed by atoms with Gasteiger partial charge in [0.15, 0.2) is 0 Å². The van der Waals surface area contributed by atoms with E-state index in [0.29, 0.717) is 30.0 Å². The second-order valence-corrected chi connectivity index (χ2v) is 9.52. The highest BCUT2D eigenvalue weighted by Crippen LogP contribution is 2.21. The number of nitrogens with one attached hydrogen (secondary N) is 2. The smallest absolute Gasteiger partial charge is 0.232 e. The van der Waals surface area contributed by atoms with E-state index in [4.69, 9.17) is 0 Å². The van der Waals surface area contributed by atoms with Gasteiger partial charge in [0, 0.05) is 32.9 Å². The molecular formula is C18H21BrN2O3S2. The van der Waals surface area contributed by atoms with Crippen LogP contribution in [0.2, 0.25) is 0 Å². The van der Waals surface area contributed by atoms with Crippen LogP contribution in [0.25, 0.3) is 0 Å². The summed E-state index contributed by atoms with van der Waals surface area (Å²) in [6.07, 6.45) is 0.952. The number of hydrogen-bond donors (Lipinski definition) is 2.